The number of rotatable bonds is 12. The number of unbranched alkanes of at least 4 members (excludes halogenated alkanes) is 1. The minimum Gasteiger partial charge on any atom is -0.457 e. The maximum Gasteiger partial charge on any atom is 0.407 e. The first-order valence-corrected chi connectivity index (χ1v) is 16.4. The fourth-order valence-corrected chi connectivity index (χ4v) is 4.97. The lowest BCUT2D eigenvalue weighted by molar-refractivity contribution is -0.151. The van der Waals surface area contributed by atoms with Crippen molar-refractivity contribution in [3.8, 4) is 0 Å². The highest BCUT2D eigenvalue weighted by Gasteiger charge is 2.32. The van der Waals surface area contributed by atoms with Crippen molar-refractivity contribution >= 4 is 55.0 Å². The van der Waals surface area contributed by atoms with Crippen LogP contribution in [0, 0.1) is 5.92 Å². The second-order valence-electron chi connectivity index (χ2n) is 11.1. The number of carbonyl (C=O) groups excluding carboxylic acids is 5. The van der Waals surface area contributed by atoms with Gasteiger partial charge in [-0.3, -0.25) is 19.2 Å². The number of esters is 1. The third-order valence-corrected chi connectivity index (χ3v) is 7.63. The molecule has 1 aromatic rings. The van der Waals surface area contributed by atoms with Crippen LogP contribution in [-0.4, -0.2) is 83.3 Å². The average molecular weight is 667 g/mol. The molecule has 0 saturated carbocycles. The molecule has 2 rings (SSSR count). The molecule has 0 spiro atoms. The molecule has 5 N–H and O–H groups in total. The molecule has 5 atom stereocenters. The molecule has 1 aliphatic heterocycles. The zero-order valence-electron chi connectivity index (χ0n) is 25.8. The predicted octanol–water partition coefficient (Wildman–Crippen LogP) is 2.07. The third kappa shape index (κ3) is 14.6. The van der Waals surface area contributed by atoms with Crippen LogP contribution in [0.5, 0.6) is 0 Å². The van der Waals surface area contributed by atoms with E-state index >= 15 is 0 Å². The first kappa shape index (κ1) is 38.0. The number of nitrogens with one attached hydrogen (secondary N) is 4. The van der Waals surface area contributed by atoms with E-state index < -0.39 is 66.5 Å². The molecule has 1 aromatic carbocycles. The Labute approximate surface area is 275 Å². The van der Waals surface area contributed by atoms with Crippen molar-refractivity contribution in [3.63, 3.8) is 0 Å². The molecular weight excluding hydrogens is 620 g/mol. The van der Waals surface area contributed by atoms with Gasteiger partial charge in [-0.05, 0) is 49.0 Å². The molecule has 12 nitrogen and oxygen atoms in total. The summed E-state index contributed by atoms with van der Waals surface area (Å²) >= 11 is 8.39. The molecule has 0 bridgehead atoms. The summed E-state index contributed by atoms with van der Waals surface area (Å²) in [6, 6.07) is 6.36. The smallest absolute Gasteiger partial charge is 0.407 e. The fourth-order valence-electron chi connectivity index (χ4n) is 4.57. The fraction of sp³-hybridized carbons (Fsp3) is 0.581. The van der Waals surface area contributed by atoms with Crippen LogP contribution in [-0.2, 0) is 35.3 Å². The van der Waals surface area contributed by atoms with Crippen LogP contribution < -0.4 is 21.3 Å². The van der Waals surface area contributed by atoms with Crippen LogP contribution in [0.4, 0.5) is 4.79 Å². The number of aliphatic hydroxyl groups excluding tert-OH is 1. The molecule has 4 amide bonds. The standard InChI is InChI=1S/C31H46N4O8S2/c1-20(2)28-25(36)17-27(38)43-22(12-7-9-15-44)16-26(37)33-23(29(39)34-24(19-45)30(40)35-28)13-6-8-14-32-31(41)42-18-21-10-4-3-5-11-21/h3-5,7,10-12,20,22-25,28,36,44-45H,6,8-9,13-19H2,1-2H3,(H,32,41)(H,33,37)(H,34,39)(H,35,40)/t22-,23-,24-,25+,28-/m1/s1. The quantitative estimate of drug-likeness (QED) is 0.0769. The summed E-state index contributed by atoms with van der Waals surface area (Å²) in [5, 5.41) is 21.5. The number of allylic oxidation sites excluding steroid dienone is 1. The zero-order chi connectivity index (χ0) is 33.2. The number of carbonyl (C=O) groups is 5. The van der Waals surface area contributed by atoms with E-state index in [0.29, 0.717) is 25.0 Å². The summed E-state index contributed by atoms with van der Waals surface area (Å²) in [4.78, 5) is 64.3. The Hall–Kier alpha value is -3.23. The van der Waals surface area contributed by atoms with Gasteiger partial charge in [0.05, 0.1) is 25.0 Å². The van der Waals surface area contributed by atoms with Crippen molar-refractivity contribution in [2.24, 2.45) is 5.92 Å². The van der Waals surface area contributed by atoms with Crippen LogP contribution in [0.3, 0.4) is 0 Å². The first-order valence-electron chi connectivity index (χ1n) is 15.1. The number of alkyl carbamates (subject to hydrolysis) is 1. The van der Waals surface area contributed by atoms with Crippen molar-refractivity contribution in [2.75, 3.05) is 18.1 Å². The SMILES string of the molecule is CC(C)[C@H]1NC(=O)[C@@H](CS)NC(=O)[C@@H](CCCCNC(=O)OCc2ccccc2)NC(=O)C[C@@H](C=CCCS)OC(=O)C[C@@H]1O. The monoisotopic (exact) mass is 666 g/mol. The minimum atomic E-state index is -1.27. The topological polar surface area (TPSA) is 172 Å². The van der Waals surface area contributed by atoms with E-state index in [1.54, 1.807) is 26.0 Å². The summed E-state index contributed by atoms with van der Waals surface area (Å²) in [6.45, 7) is 3.98. The maximum atomic E-state index is 13.3. The normalized spacial score (nSPS) is 23.7. The van der Waals surface area contributed by atoms with Gasteiger partial charge in [0.25, 0.3) is 0 Å². The molecule has 1 saturated heterocycles. The highest BCUT2D eigenvalue weighted by molar-refractivity contribution is 7.80. The van der Waals surface area contributed by atoms with Gasteiger partial charge < -0.3 is 35.8 Å². The Morgan fingerprint density at radius 1 is 1.04 bits per heavy atom. The summed E-state index contributed by atoms with van der Waals surface area (Å²) in [5.41, 5.74) is 0.858. The van der Waals surface area contributed by atoms with Crippen LogP contribution >= 0.6 is 25.3 Å². The van der Waals surface area contributed by atoms with E-state index in [2.05, 4.69) is 46.5 Å². The molecule has 1 aliphatic rings. The Kier molecular flexibility index (Phi) is 17.5. The van der Waals surface area contributed by atoms with Crippen molar-refractivity contribution in [3.05, 3.63) is 48.0 Å². The second kappa shape index (κ2) is 20.7. The predicted molar refractivity (Wildman–Crippen MR) is 176 cm³/mol. The van der Waals surface area contributed by atoms with Crippen molar-refractivity contribution in [2.45, 2.75) is 89.3 Å². The summed E-state index contributed by atoms with van der Waals surface area (Å²) in [6.07, 6.45) is 1.57. The van der Waals surface area contributed by atoms with Crippen LogP contribution in [0.1, 0.15) is 57.9 Å². The second-order valence-corrected chi connectivity index (χ2v) is 11.9. The van der Waals surface area contributed by atoms with E-state index in [1.165, 1.54) is 0 Å². The molecule has 14 heteroatoms. The molecule has 0 aliphatic carbocycles. The van der Waals surface area contributed by atoms with Gasteiger partial charge in [-0.15, -0.1) is 0 Å². The van der Waals surface area contributed by atoms with E-state index in [-0.39, 0.29) is 37.7 Å². The number of cyclic esters (lactones) is 1. The number of benzene rings is 1. The Morgan fingerprint density at radius 3 is 2.42 bits per heavy atom. The lowest BCUT2D eigenvalue weighted by Crippen LogP contribution is -2.57. The van der Waals surface area contributed by atoms with Gasteiger partial charge in [0.15, 0.2) is 0 Å². The molecule has 1 fully saturated rings. The highest BCUT2D eigenvalue weighted by Crippen LogP contribution is 2.14. The number of aliphatic hydroxyl groups is 1. The van der Waals surface area contributed by atoms with Gasteiger partial charge in [0, 0.05) is 12.3 Å². The lowest BCUT2D eigenvalue weighted by atomic mass is 9.96. The van der Waals surface area contributed by atoms with E-state index in [0.717, 1.165) is 5.56 Å². The highest BCUT2D eigenvalue weighted by atomic mass is 32.1. The number of hydrogen-bond donors (Lipinski definition) is 7. The first-order chi connectivity index (χ1) is 21.5. The lowest BCUT2D eigenvalue weighted by Gasteiger charge is -2.29. The third-order valence-electron chi connectivity index (χ3n) is 7.00. The van der Waals surface area contributed by atoms with Crippen LogP contribution in [0.15, 0.2) is 42.5 Å². The summed E-state index contributed by atoms with van der Waals surface area (Å²) in [7, 11) is 0. The van der Waals surface area contributed by atoms with Crippen LogP contribution in [0.25, 0.3) is 0 Å². The number of amides is 4. The molecule has 45 heavy (non-hydrogen) atoms. The Bertz CT molecular complexity index is 1140. The van der Waals surface area contributed by atoms with Gasteiger partial charge in [-0.25, -0.2) is 4.79 Å². The molecule has 0 radical (unpaired) electrons. The number of thiol groups is 2. The van der Waals surface area contributed by atoms with Gasteiger partial charge in [-0.1, -0.05) is 50.3 Å². The van der Waals surface area contributed by atoms with Crippen molar-refractivity contribution < 1.29 is 38.6 Å². The molecule has 1 heterocycles. The zero-order valence-corrected chi connectivity index (χ0v) is 27.6. The van der Waals surface area contributed by atoms with Gasteiger partial charge in [0.2, 0.25) is 17.7 Å². The molecule has 0 unspecified atom stereocenters. The van der Waals surface area contributed by atoms with E-state index in [9.17, 15) is 29.1 Å². The minimum absolute atomic E-state index is 0.0474. The largest absolute Gasteiger partial charge is 0.457 e. The summed E-state index contributed by atoms with van der Waals surface area (Å²) < 4.78 is 10.7. The van der Waals surface area contributed by atoms with Crippen LogP contribution in [0.2, 0.25) is 0 Å². The van der Waals surface area contributed by atoms with E-state index in [1.807, 2.05) is 30.3 Å². The average Bonchev–Trinajstić information content (AvgIpc) is 3.00. The van der Waals surface area contributed by atoms with Gasteiger partial charge in [-0.2, -0.15) is 25.3 Å². The Balaban J connectivity index is 2.11. The molecule has 250 valence electrons. The number of hydrogen-bond acceptors (Lipinski definition) is 10. The van der Waals surface area contributed by atoms with Crippen molar-refractivity contribution in [1.82, 2.24) is 21.3 Å². The maximum absolute atomic E-state index is 13.3. The molecule has 0 aromatic heterocycles. The van der Waals surface area contributed by atoms with Gasteiger partial charge in [0.1, 0.15) is 24.8 Å². The summed E-state index contributed by atoms with van der Waals surface area (Å²) in [5.74, 6) is -2.22. The Morgan fingerprint density at radius 2 is 1.76 bits per heavy atom. The van der Waals surface area contributed by atoms with E-state index in [4.69, 9.17) is 9.47 Å². The van der Waals surface area contributed by atoms with Crippen molar-refractivity contribution in [1.29, 1.82) is 0 Å². The molecular formula is C31H46N4O8S2. The van der Waals surface area contributed by atoms with Gasteiger partial charge >= 0.3 is 12.1 Å². The number of ether oxygens (including phenoxy) is 2.